The van der Waals surface area contributed by atoms with Crippen molar-refractivity contribution in [1.82, 2.24) is 0 Å². The Morgan fingerprint density at radius 3 is 2.00 bits per heavy atom. The van der Waals surface area contributed by atoms with Crippen molar-refractivity contribution in [2.75, 3.05) is 26.8 Å². The predicted octanol–water partition coefficient (Wildman–Crippen LogP) is 0.619. The maximum absolute atomic E-state index is 9.02. The minimum absolute atomic E-state index is 0. The molecule has 0 heterocycles. The van der Waals surface area contributed by atoms with Gasteiger partial charge in [-0.25, -0.2) is 0 Å². The van der Waals surface area contributed by atoms with Crippen molar-refractivity contribution in [2.24, 2.45) is 5.92 Å². The smallest absolute Gasteiger partial charge is 0.144 e. The maximum atomic E-state index is 9.02. The van der Waals surface area contributed by atoms with Crippen LogP contribution in [-0.2, 0) is 4.74 Å². The van der Waals surface area contributed by atoms with E-state index in [-0.39, 0.29) is 12.4 Å². The van der Waals surface area contributed by atoms with Gasteiger partial charge in [0, 0.05) is 13.0 Å². The van der Waals surface area contributed by atoms with Gasteiger partial charge in [-0.2, -0.15) is 10.4 Å². The summed E-state index contributed by atoms with van der Waals surface area (Å²) in [6.07, 6.45) is 8.37. The minimum atomic E-state index is -0.959. The molecule has 0 saturated carbocycles. The highest BCUT2D eigenvalue weighted by atomic mass is 35.5. The summed E-state index contributed by atoms with van der Waals surface area (Å²) < 4.78 is 5.44. The summed E-state index contributed by atoms with van der Waals surface area (Å²) in [4.78, 5) is -0.959. The zero-order chi connectivity index (χ0) is 13.9. The van der Waals surface area contributed by atoms with Crippen LogP contribution in [0.2, 0.25) is 0 Å². The Bertz CT molecular complexity index is 184. The van der Waals surface area contributed by atoms with E-state index < -0.39 is 4.81 Å². The van der Waals surface area contributed by atoms with Crippen molar-refractivity contribution in [3.63, 3.8) is 0 Å². The Hall–Kier alpha value is 0.130. The highest BCUT2D eigenvalue weighted by Crippen LogP contribution is 2.10. The third-order valence-corrected chi connectivity index (χ3v) is 2.94. The molecule has 118 valence electrons. The van der Waals surface area contributed by atoms with Crippen LogP contribution in [0.25, 0.3) is 0 Å². The number of hydroxylamine groups is 4. The zero-order valence-corrected chi connectivity index (χ0v) is 13.5. The number of rotatable bonds is 12. The van der Waals surface area contributed by atoms with Gasteiger partial charge < -0.3 is 17.1 Å². The summed E-state index contributed by atoms with van der Waals surface area (Å²) in [5.74, 6) is 0.829. The van der Waals surface area contributed by atoms with Crippen LogP contribution in [0.3, 0.4) is 0 Å². The van der Waals surface area contributed by atoms with Crippen LogP contribution < -0.4 is 12.4 Å². The first-order chi connectivity index (χ1) is 8.42. The van der Waals surface area contributed by atoms with Crippen LogP contribution in [-0.4, -0.2) is 42.0 Å². The molecule has 0 rings (SSSR count). The number of quaternary nitrogens is 1. The number of halogens is 1. The largest absolute Gasteiger partial charge is 1.00 e. The summed E-state index contributed by atoms with van der Waals surface area (Å²) in [6.45, 7) is 6.27. The minimum Gasteiger partial charge on any atom is -1.00 e. The highest BCUT2D eigenvalue weighted by Gasteiger charge is 2.12. The predicted molar refractivity (Wildman–Crippen MR) is 72.6 cm³/mol. The molecular formula is C14H32ClNO3. The summed E-state index contributed by atoms with van der Waals surface area (Å²) in [5.41, 5.74) is 0. The maximum Gasteiger partial charge on any atom is 0.144 e. The number of hydrogen-bond acceptors (Lipinski definition) is 3. The lowest BCUT2D eigenvalue weighted by molar-refractivity contribution is -1.23. The molecule has 0 saturated heterocycles. The zero-order valence-electron chi connectivity index (χ0n) is 12.8. The van der Waals surface area contributed by atoms with Crippen molar-refractivity contribution in [2.45, 2.75) is 58.8 Å². The van der Waals surface area contributed by atoms with Gasteiger partial charge in [0.1, 0.15) is 13.6 Å². The van der Waals surface area contributed by atoms with Crippen LogP contribution in [0.15, 0.2) is 0 Å². The van der Waals surface area contributed by atoms with Crippen molar-refractivity contribution < 1.29 is 32.4 Å². The standard InChI is InChI=1S/C14H32NO3.ClH/c1-14(2)10-7-5-4-6-8-12-18-13-9-11-15(3,16)17;/h14,16-17H,4-13H2,1-3H3;1H/q+1;/p-1. The molecule has 0 aromatic carbocycles. The number of nitrogens with zero attached hydrogens (tertiary/aromatic N) is 1. The first kappa shape index (κ1) is 21.4. The van der Waals surface area contributed by atoms with E-state index in [1.807, 2.05) is 0 Å². The average Bonchev–Trinajstić information content (AvgIpc) is 2.24. The second-order valence-electron chi connectivity index (χ2n) is 5.73. The molecule has 0 unspecified atom stereocenters. The van der Waals surface area contributed by atoms with Crippen LogP contribution in [0.4, 0.5) is 0 Å². The van der Waals surface area contributed by atoms with E-state index >= 15 is 0 Å². The Morgan fingerprint density at radius 2 is 1.42 bits per heavy atom. The van der Waals surface area contributed by atoms with E-state index in [9.17, 15) is 0 Å². The molecule has 4 nitrogen and oxygen atoms in total. The lowest BCUT2D eigenvalue weighted by atomic mass is 10.0. The topological polar surface area (TPSA) is 49.7 Å². The number of unbranched alkanes of at least 4 members (excludes halogenated alkanes) is 4. The fourth-order valence-corrected chi connectivity index (χ4v) is 1.86. The molecule has 0 aliphatic heterocycles. The fourth-order valence-electron chi connectivity index (χ4n) is 1.86. The second-order valence-corrected chi connectivity index (χ2v) is 5.73. The first-order valence-electron chi connectivity index (χ1n) is 7.30. The van der Waals surface area contributed by atoms with Crippen LogP contribution in [0, 0.1) is 5.92 Å². The Morgan fingerprint density at radius 1 is 0.895 bits per heavy atom. The Balaban J connectivity index is 0. The van der Waals surface area contributed by atoms with Crippen molar-refractivity contribution >= 4 is 0 Å². The van der Waals surface area contributed by atoms with Crippen molar-refractivity contribution in [3.05, 3.63) is 0 Å². The molecule has 0 aromatic heterocycles. The third kappa shape index (κ3) is 20.6. The van der Waals surface area contributed by atoms with E-state index in [0.717, 1.165) is 18.9 Å². The molecule has 0 amide bonds. The summed E-state index contributed by atoms with van der Waals surface area (Å²) >= 11 is 0. The van der Waals surface area contributed by atoms with Gasteiger partial charge in [0.05, 0.1) is 6.61 Å². The second kappa shape index (κ2) is 13.1. The molecule has 0 aromatic rings. The van der Waals surface area contributed by atoms with Crippen LogP contribution in [0.1, 0.15) is 58.8 Å². The van der Waals surface area contributed by atoms with Gasteiger partial charge in [-0.05, 0) is 12.3 Å². The van der Waals surface area contributed by atoms with Gasteiger partial charge >= 0.3 is 0 Å². The normalized spacial score (nSPS) is 11.7. The lowest BCUT2D eigenvalue weighted by Gasteiger charge is -2.14. The van der Waals surface area contributed by atoms with Crippen LogP contribution in [0.5, 0.6) is 0 Å². The molecule has 2 N–H and O–H groups in total. The van der Waals surface area contributed by atoms with Crippen molar-refractivity contribution in [3.8, 4) is 0 Å². The SMILES string of the molecule is CC(C)CCCCCCCOCCC[N+](C)(O)O.[Cl-]. The molecule has 5 heteroatoms. The quantitative estimate of drug-likeness (QED) is 0.315. The molecule has 0 aliphatic rings. The van der Waals surface area contributed by atoms with E-state index in [1.54, 1.807) is 0 Å². The molecular weight excluding hydrogens is 266 g/mol. The van der Waals surface area contributed by atoms with Gasteiger partial charge in [0.2, 0.25) is 0 Å². The summed E-state index contributed by atoms with van der Waals surface area (Å²) in [6, 6.07) is 0. The van der Waals surface area contributed by atoms with E-state index in [4.69, 9.17) is 15.2 Å². The van der Waals surface area contributed by atoms with Gasteiger partial charge in [0.15, 0.2) is 0 Å². The average molecular weight is 298 g/mol. The van der Waals surface area contributed by atoms with E-state index in [1.165, 1.54) is 39.2 Å². The molecule has 0 radical (unpaired) electrons. The lowest BCUT2D eigenvalue weighted by Crippen LogP contribution is -3.00. The van der Waals surface area contributed by atoms with E-state index in [2.05, 4.69) is 13.8 Å². The van der Waals surface area contributed by atoms with Gasteiger partial charge in [0.25, 0.3) is 0 Å². The van der Waals surface area contributed by atoms with Gasteiger partial charge in [-0.3, -0.25) is 0 Å². The van der Waals surface area contributed by atoms with E-state index in [0.29, 0.717) is 19.6 Å². The number of ether oxygens (including phenoxy) is 1. The summed E-state index contributed by atoms with van der Waals surface area (Å²) in [7, 11) is 1.34. The molecule has 0 fully saturated rings. The number of hydrogen-bond donors (Lipinski definition) is 2. The molecule has 19 heavy (non-hydrogen) atoms. The molecule has 0 spiro atoms. The molecule has 0 atom stereocenters. The van der Waals surface area contributed by atoms with Crippen LogP contribution >= 0.6 is 0 Å². The first-order valence-corrected chi connectivity index (χ1v) is 7.30. The van der Waals surface area contributed by atoms with Gasteiger partial charge in [-0.1, -0.05) is 50.8 Å². The molecule has 0 bridgehead atoms. The third-order valence-electron chi connectivity index (χ3n) is 2.94. The highest BCUT2D eigenvalue weighted by molar-refractivity contribution is 4.48. The Kier molecular flexibility index (Phi) is 14.8. The van der Waals surface area contributed by atoms with Gasteiger partial charge in [-0.15, -0.1) is 0 Å². The molecule has 0 aliphatic carbocycles. The monoisotopic (exact) mass is 297 g/mol. The summed E-state index contributed by atoms with van der Waals surface area (Å²) in [5, 5.41) is 18.0. The Labute approximate surface area is 124 Å². The van der Waals surface area contributed by atoms with Crippen molar-refractivity contribution in [1.29, 1.82) is 0 Å². The fraction of sp³-hybridized carbons (Fsp3) is 1.00.